The summed E-state index contributed by atoms with van der Waals surface area (Å²) in [5, 5.41) is 7.17. The zero-order valence-electron chi connectivity index (χ0n) is 16.1. The summed E-state index contributed by atoms with van der Waals surface area (Å²) in [7, 11) is 4.65. The van der Waals surface area contributed by atoms with Crippen LogP contribution in [0.1, 0.15) is 53.3 Å². The maximum atomic E-state index is 12.3. The number of rotatable bonds is 4. The number of nitrogens with one attached hydrogen (secondary N) is 2. The third kappa shape index (κ3) is 5.15. The number of thiophene rings is 1. The highest BCUT2D eigenvalue weighted by Crippen LogP contribution is 2.34. The third-order valence-corrected chi connectivity index (χ3v) is 5.43. The Morgan fingerprint density at radius 2 is 1.84 bits per heavy atom. The standard InChI is InChI=1S/C17H27N3O3S2/c1-9-11(15(22)23-8)13(25-12(9)14(21)20(6)7)19-16(24)18-10(2)17(3,4)5/h10H,1-8H3,(H2,18,19,24). The summed E-state index contributed by atoms with van der Waals surface area (Å²) in [6, 6.07) is 0.123. The van der Waals surface area contributed by atoms with Crippen molar-refractivity contribution < 1.29 is 14.3 Å². The first kappa shape index (κ1) is 21.4. The molecule has 0 aliphatic rings. The second kappa shape index (κ2) is 8.14. The van der Waals surface area contributed by atoms with Crippen LogP contribution >= 0.6 is 23.6 Å². The van der Waals surface area contributed by atoms with Crippen LogP contribution < -0.4 is 10.6 Å². The number of carbonyl (C=O) groups is 2. The molecule has 1 atom stereocenters. The topological polar surface area (TPSA) is 70.7 Å². The molecule has 1 unspecified atom stereocenters. The molecule has 0 bridgehead atoms. The smallest absolute Gasteiger partial charge is 0.341 e. The Morgan fingerprint density at radius 3 is 2.28 bits per heavy atom. The number of carbonyl (C=O) groups excluding carboxylic acids is 2. The van der Waals surface area contributed by atoms with E-state index in [4.69, 9.17) is 17.0 Å². The van der Waals surface area contributed by atoms with Gasteiger partial charge in [-0.2, -0.15) is 0 Å². The lowest BCUT2D eigenvalue weighted by atomic mass is 9.88. The van der Waals surface area contributed by atoms with E-state index in [-0.39, 0.29) is 17.4 Å². The quantitative estimate of drug-likeness (QED) is 0.612. The van der Waals surface area contributed by atoms with Gasteiger partial charge in [-0.15, -0.1) is 11.3 Å². The minimum Gasteiger partial charge on any atom is -0.465 e. The number of hydrogen-bond acceptors (Lipinski definition) is 5. The minimum absolute atomic E-state index is 0.0222. The Labute approximate surface area is 158 Å². The van der Waals surface area contributed by atoms with E-state index in [1.54, 1.807) is 21.0 Å². The summed E-state index contributed by atoms with van der Waals surface area (Å²) in [6.07, 6.45) is 0. The normalized spacial score (nSPS) is 12.3. The van der Waals surface area contributed by atoms with E-state index >= 15 is 0 Å². The molecule has 0 saturated heterocycles. The molecule has 0 aliphatic carbocycles. The first-order valence-electron chi connectivity index (χ1n) is 7.91. The highest BCUT2D eigenvalue weighted by Gasteiger charge is 2.27. The third-order valence-electron chi connectivity index (χ3n) is 4.01. The lowest BCUT2D eigenvalue weighted by Crippen LogP contribution is -2.43. The molecule has 25 heavy (non-hydrogen) atoms. The van der Waals surface area contributed by atoms with E-state index in [0.29, 0.717) is 26.1 Å². The van der Waals surface area contributed by atoms with E-state index in [2.05, 4.69) is 31.4 Å². The number of hydrogen-bond donors (Lipinski definition) is 2. The number of anilines is 1. The first-order valence-corrected chi connectivity index (χ1v) is 9.13. The summed E-state index contributed by atoms with van der Waals surface area (Å²) in [4.78, 5) is 26.5. The van der Waals surface area contributed by atoms with Crippen LogP contribution in [0.3, 0.4) is 0 Å². The van der Waals surface area contributed by atoms with Gasteiger partial charge in [-0.25, -0.2) is 4.79 Å². The van der Waals surface area contributed by atoms with Crippen molar-refractivity contribution >= 4 is 45.5 Å². The fraction of sp³-hybridized carbons (Fsp3) is 0.588. The van der Waals surface area contributed by atoms with Crippen molar-refractivity contribution in [3.63, 3.8) is 0 Å². The molecule has 6 nitrogen and oxygen atoms in total. The van der Waals surface area contributed by atoms with Gasteiger partial charge in [0.15, 0.2) is 5.11 Å². The SMILES string of the molecule is COC(=O)c1c(NC(=S)NC(C)C(C)(C)C)sc(C(=O)N(C)C)c1C. The Hall–Kier alpha value is -1.67. The number of ether oxygens (including phenoxy) is 1. The molecular formula is C17H27N3O3S2. The van der Waals surface area contributed by atoms with Crippen LogP contribution in [0.4, 0.5) is 5.00 Å². The zero-order chi connectivity index (χ0) is 19.5. The molecular weight excluding hydrogens is 358 g/mol. The van der Waals surface area contributed by atoms with Crippen LogP contribution in [0.15, 0.2) is 0 Å². The van der Waals surface area contributed by atoms with Gasteiger partial charge in [-0.3, -0.25) is 4.79 Å². The Kier molecular flexibility index (Phi) is 6.96. The molecule has 0 radical (unpaired) electrons. The molecule has 1 rings (SSSR count). The van der Waals surface area contributed by atoms with Gasteiger partial charge in [0.05, 0.1) is 17.6 Å². The van der Waals surface area contributed by atoms with E-state index in [1.165, 1.54) is 23.3 Å². The highest BCUT2D eigenvalue weighted by molar-refractivity contribution is 7.80. The summed E-state index contributed by atoms with van der Waals surface area (Å²) in [6.45, 7) is 10.1. The second-order valence-corrected chi connectivity index (χ2v) is 8.57. The molecule has 8 heteroatoms. The predicted molar refractivity (Wildman–Crippen MR) is 107 cm³/mol. The van der Waals surface area contributed by atoms with Gasteiger partial charge < -0.3 is 20.3 Å². The number of methoxy groups -OCH3 is 1. The van der Waals surface area contributed by atoms with E-state index in [1.807, 2.05) is 6.92 Å². The average molecular weight is 386 g/mol. The summed E-state index contributed by atoms with van der Waals surface area (Å²) >= 11 is 6.57. The maximum Gasteiger partial charge on any atom is 0.341 e. The Bertz CT molecular complexity index is 675. The average Bonchev–Trinajstić information content (AvgIpc) is 2.80. The van der Waals surface area contributed by atoms with Gasteiger partial charge in [0.25, 0.3) is 5.91 Å². The van der Waals surface area contributed by atoms with Crippen LogP contribution in [0.2, 0.25) is 0 Å². The van der Waals surface area contributed by atoms with Crippen LogP contribution in [0.5, 0.6) is 0 Å². The molecule has 1 aromatic rings. The van der Waals surface area contributed by atoms with Gasteiger partial charge in [-0.1, -0.05) is 20.8 Å². The van der Waals surface area contributed by atoms with E-state index in [0.717, 1.165) is 0 Å². The fourth-order valence-electron chi connectivity index (χ4n) is 1.91. The molecule has 1 amide bonds. The first-order chi connectivity index (χ1) is 11.4. The van der Waals surface area contributed by atoms with Crippen LogP contribution in [0.25, 0.3) is 0 Å². The van der Waals surface area contributed by atoms with Crippen LogP contribution in [-0.2, 0) is 4.74 Å². The lowest BCUT2D eigenvalue weighted by molar-refractivity contribution is 0.0601. The summed E-state index contributed by atoms with van der Waals surface area (Å²) in [5.74, 6) is -0.664. The zero-order valence-corrected chi connectivity index (χ0v) is 17.7. The van der Waals surface area contributed by atoms with Crippen molar-refractivity contribution in [1.82, 2.24) is 10.2 Å². The Morgan fingerprint density at radius 1 is 1.28 bits per heavy atom. The molecule has 140 valence electrons. The van der Waals surface area contributed by atoms with Crippen LogP contribution in [-0.4, -0.2) is 49.1 Å². The second-order valence-electron chi connectivity index (χ2n) is 7.14. The van der Waals surface area contributed by atoms with E-state index < -0.39 is 5.97 Å². The largest absolute Gasteiger partial charge is 0.465 e. The van der Waals surface area contributed by atoms with Gasteiger partial charge in [0.1, 0.15) is 5.00 Å². The van der Waals surface area contributed by atoms with Crippen molar-refractivity contribution in [2.24, 2.45) is 5.41 Å². The van der Waals surface area contributed by atoms with Crippen molar-refractivity contribution in [1.29, 1.82) is 0 Å². The van der Waals surface area contributed by atoms with Crippen molar-refractivity contribution in [3.8, 4) is 0 Å². The molecule has 0 fully saturated rings. The highest BCUT2D eigenvalue weighted by atomic mass is 32.1. The number of thiocarbonyl (C=S) groups is 1. The fourth-order valence-corrected chi connectivity index (χ4v) is 3.47. The number of nitrogens with zero attached hydrogens (tertiary/aromatic N) is 1. The van der Waals surface area contributed by atoms with Crippen molar-refractivity contribution in [3.05, 3.63) is 16.0 Å². The lowest BCUT2D eigenvalue weighted by Gasteiger charge is -2.29. The van der Waals surface area contributed by atoms with Gasteiger partial charge in [0, 0.05) is 20.1 Å². The number of esters is 1. The van der Waals surface area contributed by atoms with E-state index in [9.17, 15) is 9.59 Å². The van der Waals surface area contributed by atoms with Crippen molar-refractivity contribution in [2.45, 2.75) is 40.7 Å². The Balaban J connectivity index is 3.17. The maximum absolute atomic E-state index is 12.3. The molecule has 0 aliphatic heterocycles. The number of amides is 1. The van der Waals surface area contributed by atoms with Gasteiger partial charge in [-0.05, 0) is 37.0 Å². The molecule has 2 N–H and O–H groups in total. The summed E-state index contributed by atoms with van der Waals surface area (Å²) in [5.41, 5.74) is 0.948. The molecule has 0 aromatic carbocycles. The van der Waals surface area contributed by atoms with Gasteiger partial charge >= 0.3 is 5.97 Å². The monoisotopic (exact) mass is 385 g/mol. The molecule has 1 heterocycles. The van der Waals surface area contributed by atoms with Gasteiger partial charge in [0.2, 0.25) is 0 Å². The van der Waals surface area contributed by atoms with Crippen molar-refractivity contribution in [2.75, 3.05) is 26.5 Å². The predicted octanol–water partition coefficient (Wildman–Crippen LogP) is 3.27. The molecule has 0 saturated carbocycles. The molecule has 0 spiro atoms. The molecule has 1 aromatic heterocycles. The summed E-state index contributed by atoms with van der Waals surface area (Å²) < 4.78 is 4.87. The minimum atomic E-state index is -0.499. The van der Waals surface area contributed by atoms with Crippen LogP contribution in [0, 0.1) is 12.3 Å².